The van der Waals surface area contributed by atoms with Crippen molar-refractivity contribution in [2.75, 3.05) is 11.5 Å². The van der Waals surface area contributed by atoms with Crippen molar-refractivity contribution in [3.8, 4) is 0 Å². The number of hydrogen-bond acceptors (Lipinski definition) is 5. The molecule has 2 aromatic rings. The maximum Gasteiger partial charge on any atom is 0.330 e. The second kappa shape index (κ2) is 9.41. The molecule has 28 heavy (non-hydrogen) atoms. The molecule has 0 saturated heterocycles. The average molecular weight is 400 g/mol. The van der Waals surface area contributed by atoms with Gasteiger partial charge < -0.3 is 4.74 Å². The summed E-state index contributed by atoms with van der Waals surface area (Å²) >= 11 is 1.19. The van der Waals surface area contributed by atoms with Crippen LogP contribution in [0.15, 0.2) is 47.9 Å². The van der Waals surface area contributed by atoms with Gasteiger partial charge in [0.1, 0.15) is 5.82 Å². The van der Waals surface area contributed by atoms with Gasteiger partial charge in [-0.3, -0.25) is 9.69 Å². The molecule has 0 N–H and O–H groups in total. The predicted molar refractivity (Wildman–Crippen MR) is 108 cm³/mol. The summed E-state index contributed by atoms with van der Waals surface area (Å²) < 4.78 is 19.4. The lowest BCUT2D eigenvalue weighted by Gasteiger charge is -2.18. The number of amides is 1. The van der Waals surface area contributed by atoms with Gasteiger partial charge in [-0.2, -0.15) is 0 Å². The lowest BCUT2D eigenvalue weighted by atomic mass is 9.95. The number of benzene rings is 1. The summed E-state index contributed by atoms with van der Waals surface area (Å²) in [5.41, 5.74) is 0.640. The molecular formula is C21H21FN2O3S. The Morgan fingerprint density at radius 2 is 2.18 bits per heavy atom. The Labute approximate surface area is 167 Å². The highest BCUT2D eigenvalue weighted by molar-refractivity contribution is 7.14. The van der Waals surface area contributed by atoms with Crippen LogP contribution in [0, 0.1) is 11.7 Å². The van der Waals surface area contributed by atoms with E-state index in [0.29, 0.717) is 23.4 Å². The number of ether oxygens (including phenoxy) is 1. The summed E-state index contributed by atoms with van der Waals surface area (Å²) in [4.78, 5) is 29.5. The molecule has 1 unspecified atom stereocenters. The Morgan fingerprint density at radius 1 is 1.36 bits per heavy atom. The number of aromatic nitrogens is 1. The minimum atomic E-state index is -0.508. The molecule has 0 saturated carbocycles. The molecule has 1 heterocycles. The van der Waals surface area contributed by atoms with Gasteiger partial charge in [0.15, 0.2) is 5.13 Å². The van der Waals surface area contributed by atoms with Crippen LogP contribution in [-0.4, -0.2) is 23.5 Å². The summed E-state index contributed by atoms with van der Waals surface area (Å²) in [6.07, 6.45) is 10.1. The molecular weight excluding hydrogens is 379 g/mol. The maximum absolute atomic E-state index is 14.1. The summed E-state index contributed by atoms with van der Waals surface area (Å²) in [6, 6.07) is 6.02. The average Bonchev–Trinajstić information content (AvgIpc) is 3.15. The first-order valence-electron chi connectivity index (χ1n) is 9.05. The van der Waals surface area contributed by atoms with E-state index in [1.807, 2.05) is 0 Å². The molecule has 1 aliphatic rings. The molecule has 1 aromatic carbocycles. The highest BCUT2D eigenvalue weighted by Gasteiger charge is 2.20. The first-order valence-corrected chi connectivity index (χ1v) is 9.93. The minimum Gasteiger partial charge on any atom is -0.462 e. The molecule has 0 aliphatic heterocycles. The molecule has 3 rings (SSSR count). The predicted octanol–water partition coefficient (Wildman–Crippen LogP) is 4.88. The van der Waals surface area contributed by atoms with E-state index >= 15 is 0 Å². The first kappa shape index (κ1) is 19.9. The number of halogens is 1. The van der Waals surface area contributed by atoms with Gasteiger partial charge in [-0.15, -0.1) is 11.3 Å². The van der Waals surface area contributed by atoms with Gasteiger partial charge >= 0.3 is 5.97 Å². The molecule has 7 heteroatoms. The van der Waals surface area contributed by atoms with Gasteiger partial charge in [0.2, 0.25) is 5.91 Å². The molecule has 0 bridgehead atoms. The molecule has 146 valence electrons. The van der Waals surface area contributed by atoms with E-state index in [1.165, 1.54) is 47.4 Å². The number of allylic oxidation sites excluding steroid dienone is 2. The Hall–Kier alpha value is -2.80. The van der Waals surface area contributed by atoms with Crippen molar-refractivity contribution in [1.29, 1.82) is 0 Å². The minimum absolute atomic E-state index is 0.140. The van der Waals surface area contributed by atoms with Gasteiger partial charge in [-0.05, 0) is 43.4 Å². The highest BCUT2D eigenvalue weighted by atomic mass is 32.1. The number of carbonyl (C=O) groups excluding carboxylic acids is 2. The number of anilines is 2. The van der Waals surface area contributed by atoms with Crippen LogP contribution in [0.3, 0.4) is 0 Å². The van der Waals surface area contributed by atoms with Crippen LogP contribution >= 0.6 is 11.3 Å². The van der Waals surface area contributed by atoms with Crippen LogP contribution in [0.25, 0.3) is 6.08 Å². The van der Waals surface area contributed by atoms with E-state index in [9.17, 15) is 14.0 Å². The molecule has 1 amide bonds. The number of thiazole rings is 1. The number of rotatable bonds is 6. The molecule has 1 aliphatic carbocycles. The lowest BCUT2D eigenvalue weighted by Crippen LogP contribution is -2.23. The lowest BCUT2D eigenvalue weighted by molar-refractivity contribution is -0.139. The number of carbonyl (C=O) groups is 2. The topological polar surface area (TPSA) is 59.5 Å². The monoisotopic (exact) mass is 400 g/mol. The number of hydrogen-bond donors (Lipinski definition) is 0. The summed E-state index contributed by atoms with van der Waals surface area (Å²) in [5, 5.41) is 2.03. The van der Waals surface area contributed by atoms with E-state index < -0.39 is 11.8 Å². The quantitative estimate of drug-likeness (QED) is 0.394. The molecule has 1 atom stereocenters. The zero-order valence-corrected chi connectivity index (χ0v) is 16.3. The van der Waals surface area contributed by atoms with Crippen LogP contribution in [-0.2, 0) is 14.3 Å². The van der Waals surface area contributed by atoms with E-state index in [0.717, 1.165) is 19.3 Å². The molecule has 0 fully saturated rings. The third kappa shape index (κ3) is 5.13. The molecule has 1 aromatic heterocycles. The fourth-order valence-electron chi connectivity index (χ4n) is 2.91. The fourth-order valence-corrected chi connectivity index (χ4v) is 3.75. The summed E-state index contributed by atoms with van der Waals surface area (Å²) in [6.45, 7) is 1.75. The third-order valence-electron chi connectivity index (χ3n) is 4.34. The van der Waals surface area contributed by atoms with Crippen molar-refractivity contribution < 1.29 is 18.7 Å². The van der Waals surface area contributed by atoms with Gasteiger partial charge in [0.05, 0.1) is 18.0 Å². The zero-order chi connectivity index (χ0) is 19.9. The Bertz CT molecular complexity index is 907. The van der Waals surface area contributed by atoms with Crippen LogP contribution in [0.5, 0.6) is 0 Å². The Kier molecular flexibility index (Phi) is 6.71. The van der Waals surface area contributed by atoms with Crippen molar-refractivity contribution in [2.24, 2.45) is 5.92 Å². The normalized spacial score (nSPS) is 16.3. The van der Waals surface area contributed by atoms with Crippen molar-refractivity contribution in [1.82, 2.24) is 4.98 Å². The largest absolute Gasteiger partial charge is 0.462 e. The molecule has 5 nitrogen and oxygen atoms in total. The molecule has 0 radical (unpaired) electrons. The van der Waals surface area contributed by atoms with Gasteiger partial charge in [-0.1, -0.05) is 24.3 Å². The van der Waals surface area contributed by atoms with E-state index in [-0.39, 0.29) is 11.6 Å². The van der Waals surface area contributed by atoms with Crippen LogP contribution in [0.4, 0.5) is 15.2 Å². The maximum atomic E-state index is 14.1. The SMILES string of the molecule is CC(=O)N(c1nc(/C=C/C(=O)OCC2CC=CCC2)cs1)c1ccccc1F. The number of esters is 1. The number of nitrogens with zero attached hydrogens (tertiary/aromatic N) is 2. The number of para-hydroxylation sites is 1. The van der Waals surface area contributed by atoms with Gasteiger partial charge in [-0.25, -0.2) is 14.2 Å². The summed E-state index contributed by atoms with van der Waals surface area (Å²) in [7, 11) is 0. The van der Waals surface area contributed by atoms with Crippen molar-refractivity contribution >= 4 is 40.1 Å². The van der Waals surface area contributed by atoms with Crippen LogP contribution < -0.4 is 4.90 Å². The molecule has 0 spiro atoms. The Morgan fingerprint density at radius 3 is 2.89 bits per heavy atom. The van der Waals surface area contributed by atoms with Crippen LogP contribution in [0.2, 0.25) is 0 Å². The smallest absolute Gasteiger partial charge is 0.330 e. The highest BCUT2D eigenvalue weighted by Crippen LogP contribution is 2.31. The standard InChI is InChI=1S/C21H21FN2O3S/c1-15(25)24(19-10-6-5-9-18(19)22)21-23-17(14-28-21)11-12-20(26)27-13-16-7-3-2-4-8-16/h2-3,5-6,9-12,14,16H,4,7-8,13H2,1H3/b12-11+. The Balaban J connectivity index is 1.64. The third-order valence-corrected chi connectivity index (χ3v) is 5.18. The second-order valence-electron chi connectivity index (χ2n) is 6.47. The van der Waals surface area contributed by atoms with E-state index in [2.05, 4.69) is 17.1 Å². The fraction of sp³-hybridized carbons (Fsp3) is 0.286. The van der Waals surface area contributed by atoms with Crippen molar-refractivity contribution in [3.05, 3.63) is 59.4 Å². The zero-order valence-electron chi connectivity index (χ0n) is 15.5. The van der Waals surface area contributed by atoms with Crippen molar-refractivity contribution in [3.63, 3.8) is 0 Å². The second-order valence-corrected chi connectivity index (χ2v) is 7.31. The van der Waals surface area contributed by atoms with Gasteiger partial charge in [0.25, 0.3) is 0 Å². The van der Waals surface area contributed by atoms with Crippen molar-refractivity contribution in [2.45, 2.75) is 26.2 Å². The summed E-state index contributed by atoms with van der Waals surface area (Å²) in [5.74, 6) is -0.915. The van der Waals surface area contributed by atoms with Crippen LogP contribution in [0.1, 0.15) is 31.9 Å². The van der Waals surface area contributed by atoms with E-state index in [4.69, 9.17) is 4.74 Å². The van der Waals surface area contributed by atoms with E-state index in [1.54, 1.807) is 17.5 Å². The van der Waals surface area contributed by atoms with Gasteiger partial charge in [0, 0.05) is 18.4 Å². The first-order chi connectivity index (χ1) is 13.5.